The van der Waals surface area contributed by atoms with Crippen LogP contribution in [0, 0.1) is 19.8 Å². The molecule has 1 saturated heterocycles. The van der Waals surface area contributed by atoms with Crippen LogP contribution >= 0.6 is 23.2 Å². The van der Waals surface area contributed by atoms with E-state index in [0.717, 1.165) is 11.3 Å². The lowest BCUT2D eigenvalue weighted by Gasteiger charge is -2.17. The summed E-state index contributed by atoms with van der Waals surface area (Å²) in [6, 6.07) is 17.4. The SMILES string of the molecule is Cc1ccc(Oc2ccc(N3C[C@H](C(=O)OCC(=O)c4ccc(Cl)cc4Cl)CC3=O)cc2)cc1C. The number of ether oxygens (including phenoxy) is 2. The third-order valence-corrected chi connectivity index (χ3v) is 6.45. The van der Waals surface area contributed by atoms with Crippen LogP contribution < -0.4 is 9.64 Å². The molecule has 3 aromatic carbocycles. The minimum atomic E-state index is -0.664. The van der Waals surface area contributed by atoms with Gasteiger partial charge in [0.1, 0.15) is 11.5 Å². The van der Waals surface area contributed by atoms with Crippen LogP contribution in [0.2, 0.25) is 10.0 Å². The smallest absolute Gasteiger partial charge is 0.311 e. The van der Waals surface area contributed by atoms with Crippen LogP contribution in [-0.2, 0) is 14.3 Å². The molecule has 1 fully saturated rings. The van der Waals surface area contributed by atoms with Gasteiger partial charge in [0, 0.05) is 29.2 Å². The molecule has 0 bridgehead atoms. The fraction of sp³-hybridized carbons (Fsp3) is 0.222. The van der Waals surface area contributed by atoms with E-state index < -0.39 is 24.3 Å². The number of hydrogen-bond acceptors (Lipinski definition) is 5. The normalized spacial score (nSPS) is 15.3. The number of rotatable bonds is 7. The van der Waals surface area contributed by atoms with E-state index in [4.69, 9.17) is 32.7 Å². The first-order chi connectivity index (χ1) is 16.7. The second-order valence-electron chi connectivity index (χ2n) is 8.40. The summed E-state index contributed by atoms with van der Waals surface area (Å²) in [5, 5.41) is 0.587. The van der Waals surface area contributed by atoms with Crippen LogP contribution in [0.4, 0.5) is 5.69 Å². The molecule has 0 saturated carbocycles. The van der Waals surface area contributed by atoms with Crippen molar-refractivity contribution < 1.29 is 23.9 Å². The minimum absolute atomic E-state index is 0.00954. The highest BCUT2D eigenvalue weighted by Gasteiger charge is 2.36. The fourth-order valence-corrected chi connectivity index (χ4v) is 4.28. The third kappa shape index (κ3) is 5.84. The maximum atomic E-state index is 12.6. The predicted octanol–water partition coefficient (Wildman–Crippen LogP) is 6.18. The molecule has 1 heterocycles. The number of amides is 1. The van der Waals surface area contributed by atoms with Crippen LogP contribution in [0.5, 0.6) is 11.5 Å². The molecular weight excluding hydrogens is 489 g/mol. The average molecular weight is 512 g/mol. The molecule has 1 atom stereocenters. The molecular formula is C27H23Cl2NO5. The van der Waals surface area contributed by atoms with Crippen molar-refractivity contribution in [2.45, 2.75) is 20.3 Å². The van der Waals surface area contributed by atoms with Gasteiger partial charge in [-0.25, -0.2) is 0 Å². The average Bonchev–Trinajstić information content (AvgIpc) is 3.22. The van der Waals surface area contributed by atoms with Gasteiger partial charge in [0.2, 0.25) is 11.7 Å². The van der Waals surface area contributed by atoms with E-state index in [2.05, 4.69) is 0 Å². The lowest BCUT2D eigenvalue weighted by Crippen LogP contribution is -2.27. The molecule has 6 nitrogen and oxygen atoms in total. The van der Waals surface area contributed by atoms with Crippen LogP contribution in [0.1, 0.15) is 27.9 Å². The molecule has 0 aliphatic carbocycles. The van der Waals surface area contributed by atoms with Gasteiger partial charge in [-0.1, -0.05) is 29.3 Å². The number of nitrogens with zero attached hydrogens (tertiary/aromatic N) is 1. The van der Waals surface area contributed by atoms with Crippen molar-refractivity contribution >= 4 is 46.5 Å². The summed E-state index contributed by atoms with van der Waals surface area (Å²) in [6.07, 6.45) is 0.00954. The summed E-state index contributed by atoms with van der Waals surface area (Å²) in [7, 11) is 0. The summed E-state index contributed by atoms with van der Waals surface area (Å²) >= 11 is 11.9. The number of carbonyl (C=O) groups is 3. The lowest BCUT2D eigenvalue weighted by atomic mass is 10.1. The summed E-state index contributed by atoms with van der Waals surface area (Å²) in [6.45, 7) is 3.77. The quantitative estimate of drug-likeness (QED) is 0.279. The molecule has 0 radical (unpaired) electrons. The van der Waals surface area contributed by atoms with E-state index in [0.29, 0.717) is 16.5 Å². The first-order valence-electron chi connectivity index (χ1n) is 11.0. The second kappa shape index (κ2) is 10.5. The number of benzene rings is 3. The van der Waals surface area contributed by atoms with E-state index in [9.17, 15) is 14.4 Å². The van der Waals surface area contributed by atoms with Gasteiger partial charge in [-0.15, -0.1) is 0 Å². The zero-order valence-electron chi connectivity index (χ0n) is 19.2. The van der Waals surface area contributed by atoms with E-state index in [1.54, 1.807) is 24.3 Å². The van der Waals surface area contributed by atoms with Gasteiger partial charge in [-0.3, -0.25) is 14.4 Å². The van der Waals surface area contributed by atoms with Crippen molar-refractivity contribution in [2.24, 2.45) is 5.92 Å². The Morgan fingerprint density at radius 2 is 1.66 bits per heavy atom. The van der Waals surface area contributed by atoms with Gasteiger partial charge in [-0.05, 0) is 79.6 Å². The number of esters is 1. The minimum Gasteiger partial charge on any atom is -0.457 e. The number of hydrogen-bond donors (Lipinski definition) is 0. The summed E-state index contributed by atoms with van der Waals surface area (Å²) in [5.74, 6) is -0.534. The van der Waals surface area contributed by atoms with Crippen molar-refractivity contribution in [1.29, 1.82) is 0 Å². The number of ketones is 1. The summed E-state index contributed by atoms with van der Waals surface area (Å²) in [5.41, 5.74) is 3.20. The number of halogens is 2. The molecule has 0 unspecified atom stereocenters. The van der Waals surface area contributed by atoms with Crippen molar-refractivity contribution in [3.05, 3.63) is 87.4 Å². The number of Topliss-reactive ketones (excluding diaryl/α,β-unsaturated/α-hetero) is 1. The third-order valence-electron chi connectivity index (χ3n) is 5.90. The van der Waals surface area contributed by atoms with Crippen molar-refractivity contribution in [1.82, 2.24) is 0 Å². The highest BCUT2D eigenvalue weighted by atomic mass is 35.5. The van der Waals surface area contributed by atoms with Crippen molar-refractivity contribution in [3.8, 4) is 11.5 Å². The zero-order valence-corrected chi connectivity index (χ0v) is 20.7. The molecule has 1 aliphatic heterocycles. The molecule has 0 N–H and O–H groups in total. The number of carbonyl (C=O) groups excluding carboxylic acids is 3. The standard InChI is InChI=1S/C27H23Cl2NO5/c1-16-3-7-22(11-17(16)2)35-21-8-5-20(6-9-21)30-14-18(12-26(30)32)27(33)34-15-25(31)23-10-4-19(28)13-24(23)29/h3-11,13,18H,12,14-15H2,1-2H3/t18-/m1/s1. The first kappa shape index (κ1) is 24.8. The zero-order chi connectivity index (χ0) is 25.1. The molecule has 35 heavy (non-hydrogen) atoms. The Morgan fingerprint density at radius 1 is 0.943 bits per heavy atom. The summed E-state index contributed by atoms with van der Waals surface area (Å²) < 4.78 is 11.1. The van der Waals surface area contributed by atoms with Gasteiger partial charge in [0.05, 0.1) is 10.9 Å². The van der Waals surface area contributed by atoms with Gasteiger partial charge < -0.3 is 14.4 Å². The molecule has 3 aromatic rings. The molecule has 0 aromatic heterocycles. The Hall–Kier alpha value is -3.35. The Labute approximate surface area is 213 Å². The Bertz CT molecular complexity index is 1290. The molecule has 0 spiro atoms. The van der Waals surface area contributed by atoms with Crippen LogP contribution in [0.15, 0.2) is 60.7 Å². The molecule has 4 rings (SSSR count). The summed E-state index contributed by atoms with van der Waals surface area (Å²) in [4.78, 5) is 39.0. The fourth-order valence-electron chi connectivity index (χ4n) is 3.77. The second-order valence-corrected chi connectivity index (χ2v) is 9.25. The van der Waals surface area contributed by atoms with Crippen LogP contribution in [-0.4, -0.2) is 30.8 Å². The predicted molar refractivity (Wildman–Crippen MR) is 135 cm³/mol. The van der Waals surface area contributed by atoms with Gasteiger partial charge >= 0.3 is 5.97 Å². The lowest BCUT2D eigenvalue weighted by molar-refractivity contribution is -0.147. The monoisotopic (exact) mass is 511 g/mol. The Kier molecular flexibility index (Phi) is 7.43. The van der Waals surface area contributed by atoms with Crippen LogP contribution in [0.3, 0.4) is 0 Å². The topological polar surface area (TPSA) is 72.9 Å². The molecule has 1 aliphatic rings. The van der Waals surface area contributed by atoms with Crippen LogP contribution in [0.25, 0.3) is 0 Å². The van der Waals surface area contributed by atoms with E-state index in [1.165, 1.54) is 28.7 Å². The van der Waals surface area contributed by atoms with E-state index >= 15 is 0 Å². The van der Waals surface area contributed by atoms with E-state index in [-0.39, 0.29) is 29.5 Å². The van der Waals surface area contributed by atoms with Gasteiger partial charge in [0.15, 0.2) is 6.61 Å². The number of anilines is 1. The molecule has 1 amide bonds. The largest absolute Gasteiger partial charge is 0.457 e. The highest BCUT2D eigenvalue weighted by Crippen LogP contribution is 2.30. The van der Waals surface area contributed by atoms with E-state index in [1.807, 2.05) is 32.0 Å². The maximum absolute atomic E-state index is 12.6. The number of aryl methyl sites for hydroxylation is 2. The van der Waals surface area contributed by atoms with Crippen molar-refractivity contribution in [2.75, 3.05) is 18.1 Å². The van der Waals surface area contributed by atoms with Crippen molar-refractivity contribution in [3.63, 3.8) is 0 Å². The molecule has 8 heteroatoms. The maximum Gasteiger partial charge on any atom is 0.311 e. The highest BCUT2D eigenvalue weighted by molar-refractivity contribution is 6.36. The Balaban J connectivity index is 1.34. The first-order valence-corrected chi connectivity index (χ1v) is 11.8. The van der Waals surface area contributed by atoms with Gasteiger partial charge in [0.25, 0.3) is 0 Å². The Morgan fingerprint density at radius 3 is 2.34 bits per heavy atom. The van der Waals surface area contributed by atoms with Gasteiger partial charge in [-0.2, -0.15) is 0 Å². The molecule has 180 valence electrons.